The van der Waals surface area contributed by atoms with Crippen LogP contribution in [0.3, 0.4) is 0 Å². The SMILES string of the molecule is CCOc1ccccc1N1CC(C(=O)N2CCc3[nH]c4ccccc4c3C2)CC1=O. The quantitative estimate of drug-likeness (QED) is 0.725. The zero-order valence-corrected chi connectivity index (χ0v) is 17.1. The van der Waals surface area contributed by atoms with Crippen molar-refractivity contribution in [3.8, 4) is 5.75 Å². The Balaban J connectivity index is 1.35. The van der Waals surface area contributed by atoms with Crippen LogP contribution in [0.4, 0.5) is 5.69 Å². The minimum absolute atomic E-state index is 0.0229. The van der Waals surface area contributed by atoms with E-state index in [-0.39, 0.29) is 24.2 Å². The molecule has 2 aromatic carbocycles. The van der Waals surface area contributed by atoms with Crippen molar-refractivity contribution in [3.05, 3.63) is 59.8 Å². The molecular formula is C24H25N3O3. The standard InChI is InChI=1S/C24H25N3O3/c1-2-30-22-10-6-5-9-21(22)27-14-16(13-23(27)28)24(29)26-12-11-20-18(15-26)17-7-3-4-8-19(17)25-20/h3-10,16,25H,2,11-15H2,1H3. The highest BCUT2D eigenvalue weighted by atomic mass is 16.5. The van der Waals surface area contributed by atoms with Crippen LogP contribution in [0, 0.1) is 5.92 Å². The van der Waals surface area contributed by atoms with Gasteiger partial charge in [0.2, 0.25) is 11.8 Å². The van der Waals surface area contributed by atoms with E-state index < -0.39 is 0 Å². The number of fused-ring (bicyclic) bond motifs is 3. The first-order chi connectivity index (χ1) is 14.7. The smallest absolute Gasteiger partial charge is 0.228 e. The van der Waals surface area contributed by atoms with Crippen molar-refractivity contribution in [2.24, 2.45) is 5.92 Å². The summed E-state index contributed by atoms with van der Waals surface area (Å²) < 4.78 is 5.69. The van der Waals surface area contributed by atoms with Crippen molar-refractivity contribution < 1.29 is 14.3 Å². The summed E-state index contributed by atoms with van der Waals surface area (Å²) in [7, 11) is 0. The molecule has 0 radical (unpaired) electrons. The minimum atomic E-state index is -0.320. The summed E-state index contributed by atoms with van der Waals surface area (Å²) in [6.45, 7) is 4.13. The summed E-state index contributed by atoms with van der Waals surface area (Å²) in [5.41, 5.74) is 4.28. The molecule has 2 amide bonds. The summed E-state index contributed by atoms with van der Waals surface area (Å²) >= 11 is 0. The third-order valence-corrected chi connectivity index (χ3v) is 6.12. The zero-order chi connectivity index (χ0) is 20.7. The number of para-hydroxylation sites is 3. The van der Waals surface area contributed by atoms with Gasteiger partial charge in [-0.05, 0) is 25.1 Å². The largest absolute Gasteiger partial charge is 0.492 e. The normalized spacial score (nSPS) is 18.7. The molecular weight excluding hydrogens is 378 g/mol. The van der Waals surface area contributed by atoms with E-state index in [2.05, 4.69) is 17.1 Å². The second-order valence-electron chi connectivity index (χ2n) is 7.94. The Labute approximate surface area is 175 Å². The molecule has 2 aliphatic rings. The van der Waals surface area contributed by atoms with Gasteiger partial charge in [0.1, 0.15) is 5.75 Å². The van der Waals surface area contributed by atoms with Crippen LogP contribution in [0.5, 0.6) is 5.75 Å². The van der Waals surface area contributed by atoms with E-state index in [4.69, 9.17) is 4.74 Å². The van der Waals surface area contributed by atoms with E-state index in [9.17, 15) is 9.59 Å². The van der Waals surface area contributed by atoms with Crippen LogP contribution in [-0.4, -0.2) is 41.4 Å². The first kappa shape index (κ1) is 18.7. The Morgan fingerprint density at radius 2 is 1.97 bits per heavy atom. The van der Waals surface area contributed by atoms with Gasteiger partial charge in [0, 0.05) is 54.6 Å². The number of amides is 2. The Hall–Kier alpha value is -3.28. The number of carbonyl (C=O) groups excluding carboxylic acids is 2. The number of anilines is 1. The number of hydrogen-bond donors (Lipinski definition) is 1. The molecule has 0 bridgehead atoms. The van der Waals surface area contributed by atoms with Crippen LogP contribution in [-0.2, 0) is 22.6 Å². The lowest BCUT2D eigenvalue weighted by atomic mass is 10.0. The molecule has 0 aliphatic carbocycles. The van der Waals surface area contributed by atoms with Gasteiger partial charge in [-0.3, -0.25) is 9.59 Å². The summed E-state index contributed by atoms with van der Waals surface area (Å²) in [4.78, 5) is 33.2. The molecule has 3 aromatic rings. The fraction of sp³-hybridized carbons (Fsp3) is 0.333. The van der Waals surface area contributed by atoms with Gasteiger partial charge in [-0.25, -0.2) is 0 Å². The second-order valence-corrected chi connectivity index (χ2v) is 7.94. The predicted octanol–water partition coefficient (Wildman–Crippen LogP) is 3.50. The van der Waals surface area contributed by atoms with E-state index in [0.717, 1.165) is 17.6 Å². The highest BCUT2D eigenvalue weighted by Crippen LogP contribution is 2.35. The van der Waals surface area contributed by atoms with Gasteiger partial charge in [-0.1, -0.05) is 30.3 Å². The maximum Gasteiger partial charge on any atom is 0.228 e. The van der Waals surface area contributed by atoms with Crippen LogP contribution < -0.4 is 9.64 Å². The summed E-state index contributed by atoms with van der Waals surface area (Å²) in [5.74, 6) is 0.405. The first-order valence-corrected chi connectivity index (χ1v) is 10.5. The lowest BCUT2D eigenvalue weighted by Crippen LogP contribution is -2.40. The van der Waals surface area contributed by atoms with Crippen LogP contribution >= 0.6 is 0 Å². The number of ether oxygens (including phenoxy) is 1. The van der Waals surface area contributed by atoms with E-state index >= 15 is 0 Å². The molecule has 30 heavy (non-hydrogen) atoms. The number of nitrogens with one attached hydrogen (secondary N) is 1. The van der Waals surface area contributed by atoms with Crippen molar-refractivity contribution >= 4 is 28.4 Å². The maximum absolute atomic E-state index is 13.3. The molecule has 1 N–H and O–H groups in total. The van der Waals surface area contributed by atoms with Gasteiger partial charge in [0.15, 0.2) is 0 Å². The van der Waals surface area contributed by atoms with Crippen molar-refractivity contribution in [1.82, 2.24) is 9.88 Å². The van der Waals surface area contributed by atoms with Gasteiger partial charge in [0.25, 0.3) is 0 Å². The van der Waals surface area contributed by atoms with Crippen molar-refractivity contribution in [3.63, 3.8) is 0 Å². The van der Waals surface area contributed by atoms with Crippen LogP contribution in [0.2, 0.25) is 0 Å². The molecule has 3 heterocycles. The van der Waals surface area contributed by atoms with Crippen LogP contribution in [0.1, 0.15) is 24.6 Å². The molecule has 1 atom stereocenters. The number of benzene rings is 2. The molecule has 1 fully saturated rings. The summed E-state index contributed by atoms with van der Waals surface area (Å²) in [5, 5.41) is 1.18. The number of aromatic nitrogens is 1. The Bertz CT molecular complexity index is 1120. The number of hydrogen-bond acceptors (Lipinski definition) is 3. The molecule has 154 valence electrons. The highest BCUT2D eigenvalue weighted by molar-refractivity contribution is 6.01. The third-order valence-electron chi connectivity index (χ3n) is 6.12. The van der Waals surface area contributed by atoms with Crippen molar-refractivity contribution in [2.45, 2.75) is 26.3 Å². The first-order valence-electron chi connectivity index (χ1n) is 10.5. The molecule has 2 aliphatic heterocycles. The van der Waals surface area contributed by atoms with Crippen molar-refractivity contribution in [2.75, 3.05) is 24.6 Å². The Morgan fingerprint density at radius 1 is 1.17 bits per heavy atom. The minimum Gasteiger partial charge on any atom is -0.492 e. The molecule has 1 saturated heterocycles. The molecule has 6 heteroatoms. The van der Waals surface area contributed by atoms with Gasteiger partial charge >= 0.3 is 0 Å². The number of aromatic amines is 1. The monoisotopic (exact) mass is 403 g/mol. The Morgan fingerprint density at radius 3 is 2.83 bits per heavy atom. The van der Waals surface area contributed by atoms with Gasteiger partial charge < -0.3 is 19.5 Å². The molecule has 0 spiro atoms. The third kappa shape index (κ3) is 3.12. The van der Waals surface area contributed by atoms with E-state index in [0.29, 0.717) is 32.0 Å². The predicted molar refractivity (Wildman–Crippen MR) is 115 cm³/mol. The summed E-state index contributed by atoms with van der Waals surface area (Å²) in [6.07, 6.45) is 1.06. The molecule has 1 unspecified atom stereocenters. The van der Waals surface area contributed by atoms with E-state index in [1.54, 1.807) is 4.90 Å². The zero-order valence-electron chi connectivity index (χ0n) is 17.1. The van der Waals surface area contributed by atoms with Crippen LogP contribution in [0.25, 0.3) is 10.9 Å². The lowest BCUT2D eigenvalue weighted by Gasteiger charge is -2.29. The molecule has 5 rings (SSSR count). The molecule has 0 saturated carbocycles. The fourth-order valence-corrected chi connectivity index (χ4v) is 4.68. The number of H-pyrrole nitrogens is 1. The topological polar surface area (TPSA) is 65.6 Å². The fourth-order valence-electron chi connectivity index (χ4n) is 4.68. The average Bonchev–Trinajstić information content (AvgIpc) is 3.34. The number of rotatable bonds is 4. The van der Waals surface area contributed by atoms with Gasteiger partial charge in [-0.15, -0.1) is 0 Å². The van der Waals surface area contributed by atoms with E-state index in [1.807, 2.05) is 48.2 Å². The van der Waals surface area contributed by atoms with Crippen molar-refractivity contribution in [1.29, 1.82) is 0 Å². The van der Waals surface area contributed by atoms with Gasteiger partial charge in [-0.2, -0.15) is 0 Å². The number of carbonyl (C=O) groups is 2. The lowest BCUT2D eigenvalue weighted by molar-refractivity contribution is -0.136. The van der Waals surface area contributed by atoms with Gasteiger partial charge in [0.05, 0.1) is 18.2 Å². The van der Waals surface area contributed by atoms with Crippen LogP contribution in [0.15, 0.2) is 48.5 Å². The highest BCUT2D eigenvalue weighted by Gasteiger charge is 2.39. The molecule has 1 aromatic heterocycles. The second kappa shape index (κ2) is 7.52. The Kier molecular flexibility index (Phi) is 4.69. The van der Waals surface area contributed by atoms with E-state index in [1.165, 1.54) is 16.6 Å². The number of nitrogens with zero attached hydrogens (tertiary/aromatic N) is 2. The maximum atomic E-state index is 13.3. The summed E-state index contributed by atoms with van der Waals surface area (Å²) in [6, 6.07) is 15.8. The molecule has 6 nitrogen and oxygen atoms in total. The average molecular weight is 403 g/mol.